The van der Waals surface area contributed by atoms with Gasteiger partial charge in [-0.2, -0.15) is 0 Å². The normalized spacial score (nSPS) is 10.4. The Labute approximate surface area is 111 Å². The van der Waals surface area contributed by atoms with Crippen molar-refractivity contribution in [1.82, 2.24) is 9.55 Å². The monoisotopic (exact) mass is 343 g/mol. The zero-order chi connectivity index (χ0) is 11.5. The summed E-state index contributed by atoms with van der Waals surface area (Å²) in [5.74, 6) is 0.848. The lowest BCUT2D eigenvalue weighted by molar-refractivity contribution is 0.771. The SMILES string of the molecule is CCn1ccnc1Nc1cc(Br)ccc1Br. The second-order valence-corrected chi connectivity index (χ2v) is 5.06. The maximum Gasteiger partial charge on any atom is 0.207 e. The highest BCUT2D eigenvalue weighted by Crippen LogP contribution is 2.28. The van der Waals surface area contributed by atoms with Crippen LogP contribution in [0, 0.1) is 0 Å². The molecule has 0 radical (unpaired) electrons. The molecule has 1 aromatic heterocycles. The Kier molecular flexibility index (Phi) is 3.66. The van der Waals surface area contributed by atoms with Crippen molar-refractivity contribution in [2.24, 2.45) is 0 Å². The first-order valence-electron chi connectivity index (χ1n) is 4.94. The van der Waals surface area contributed by atoms with Crippen LogP contribution in [0.15, 0.2) is 39.5 Å². The molecule has 0 aliphatic heterocycles. The number of aryl methyl sites for hydroxylation is 1. The molecule has 1 aromatic carbocycles. The van der Waals surface area contributed by atoms with E-state index in [-0.39, 0.29) is 0 Å². The summed E-state index contributed by atoms with van der Waals surface area (Å²) in [7, 11) is 0. The van der Waals surface area contributed by atoms with Crippen LogP contribution in [0.3, 0.4) is 0 Å². The van der Waals surface area contributed by atoms with E-state index in [9.17, 15) is 0 Å². The van der Waals surface area contributed by atoms with Gasteiger partial charge in [-0.05, 0) is 41.1 Å². The summed E-state index contributed by atoms with van der Waals surface area (Å²) < 4.78 is 4.10. The summed E-state index contributed by atoms with van der Waals surface area (Å²) in [4.78, 5) is 4.27. The van der Waals surface area contributed by atoms with Crippen LogP contribution in [0.25, 0.3) is 0 Å². The molecule has 84 valence electrons. The molecule has 2 aromatic rings. The Morgan fingerprint density at radius 3 is 2.94 bits per heavy atom. The first-order chi connectivity index (χ1) is 7.70. The molecule has 0 fully saturated rings. The van der Waals surface area contributed by atoms with Crippen LogP contribution in [0.2, 0.25) is 0 Å². The van der Waals surface area contributed by atoms with E-state index in [1.807, 2.05) is 29.0 Å². The number of rotatable bonds is 3. The molecule has 16 heavy (non-hydrogen) atoms. The lowest BCUT2D eigenvalue weighted by Crippen LogP contribution is -2.01. The van der Waals surface area contributed by atoms with Gasteiger partial charge in [-0.15, -0.1) is 0 Å². The van der Waals surface area contributed by atoms with Gasteiger partial charge in [-0.1, -0.05) is 15.9 Å². The summed E-state index contributed by atoms with van der Waals surface area (Å²) in [5, 5.41) is 3.29. The maximum atomic E-state index is 4.27. The fraction of sp³-hybridized carbons (Fsp3) is 0.182. The highest BCUT2D eigenvalue weighted by atomic mass is 79.9. The van der Waals surface area contributed by atoms with E-state index in [1.165, 1.54) is 0 Å². The number of imidazole rings is 1. The van der Waals surface area contributed by atoms with Gasteiger partial charge in [0.15, 0.2) is 0 Å². The second kappa shape index (κ2) is 5.01. The number of hydrogen-bond acceptors (Lipinski definition) is 2. The third-order valence-electron chi connectivity index (χ3n) is 2.23. The Bertz CT molecular complexity index is 494. The summed E-state index contributed by atoms with van der Waals surface area (Å²) in [6.45, 7) is 2.98. The third kappa shape index (κ3) is 2.47. The molecule has 3 nitrogen and oxygen atoms in total. The van der Waals surface area contributed by atoms with Crippen molar-refractivity contribution in [3.8, 4) is 0 Å². The molecule has 2 rings (SSSR count). The molecule has 0 amide bonds. The molecule has 0 bridgehead atoms. The minimum absolute atomic E-state index is 0.848. The standard InChI is InChI=1S/C11H11Br2N3/c1-2-16-6-5-14-11(16)15-10-7-8(12)3-4-9(10)13/h3-7H,2H2,1H3,(H,14,15). The Morgan fingerprint density at radius 1 is 1.38 bits per heavy atom. The highest BCUT2D eigenvalue weighted by Gasteiger charge is 2.05. The molecule has 0 spiro atoms. The number of anilines is 2. The predicted molar refractivity (Wildman–Crippen MR) is 73.0 cm³/mol. The Hall–Kier alpha value is -0.810. The number of benzene rings is 1. The number of nitrogens with one attached hydrogen (secondary N) is 1. The van der Waals surface area contributed by atoms with E-state index in [0.717, 1.165) is 27.1 Å². The fourth-order valence-corrected chi connectivity index (χ4v) is 2.11. The van der Waals surface area contributed by atoms with E-state index in [2.05, 4.69) is 49.1 Å². The van der Waals surface area contributed by atoms with E-state index < -0.39 is 0 Å². The molecular formula is C11H11Br2N3. The minimum Gasteiger partial charge on any atom is -0.325 e. The van der Waals surface area contributed by atoms with Gasteiger partial charge in [0.05, 0.1) is 5.69 Å². The largest absolute Gasteiger partial charge is 0.325 e. The van der Waals surface area contributed by atoms with Crippen molar-refractivity contribution < 1.29 is 0 Å². The van der Waals surface area contributed by atoms with Crippen molar-refractivity contribution in [3.63, 3.8) is 0 Å². The van der Waals surface area contributed by atoms with Crippen LogP contribution in [0.5, 0.6) is 0 Å². The van der Waals surface area contributed by atoms with Crippen molar-refractivity contribution in [1.29, 1.82) is 0 Å². The molecule has 0 saturated heterocycles. The summed E-state index contributed by atoms with van der Waals surface area (Å²) in [6.07, 6.45) is 3.74. The fourth-order valence-electron chi connectivity index (χ4n) is 1.40. The smallest absolute Gasteiger partial charge is 0.207 e. The molecule has 1 heterocycles. The van der Waals surface area contributed by atoms with Crippen molar-refractivity contribution in [3.05, 3.63) is 39.5 Å². The van der Waals surface area contributed by atoms with Crippen LogP contribution in [0.1, 0.15) is 6.92 Å². The zero-order valence-electron chi connectivity index (χ0n) is 8.74. The summed E-state index contributed by atoms with van der Waals surface area (Å²) in [5.41, 5.74) is 0.996. The Balaban J connectivity index is 2.30. The van der Waals surface area contributed by atoms with Crippen LogP contribution in [-0.4, -0.2) is 9.55 Å². The van der Waals surface area contributed by atoms with E-state index in [0.29, 0.717) is 0 Å². The van der Waals surface area contributed by atoms with Gasteiger partial charge in [0.25, 0.3) is 0 Å². The summed E-state index contributed by atoms with van der Waals surface area (Å²) >= 11 is 6.95. The van der Waals surface area contributed by atoms with Crippen LogP contribution in [-0.2, 0) is 6.54 Å². The quantitative estimate of drug-likeness (QED) is 0.905. The lowest BCUT2D eigenvalue weighted by Gasteiger charge is -2.09. The first kappa shape index (κ1) is 11.7. The van der Waals surface area contributed by atoms with Crippen molar-refractivity contribution >= 4 is 43.5 Å². The number of halogens is 2. The van der Waals surface area contributed by atoms with Crippen molar-refractivity contribution in [2.75, 3.05) is 5.32 Å². The second-order valence-electron chi connectivity index (χ2n) is 3.29. The third-order valence-corrected chi connectivity index (χ3v) is 3.42. The average molecular weight is 345 g/mol. The zero-order valence-corrected chi connectivity index (χ0v) is 11.9. The van der Waals surface area contributed by atoms with Crippen LogP contribution >= 0.6 is 31.9 Å². The minimum atomic E-state index is 0.848. The summed E-state index contributed by atoms with van der Waals surface area (Å²) in [6, 6.07) is 5.99. The topological polar surface area (TPSA) is 29.9 Å². The first-order valence-corrected chi connectivity index (χ1v) is 6.52. The van der Waals surface area contributed by atoms with Gasteiger partial charge in [0.1, 0.15) is 0 Å². The van der Waals surface area contributed by atoms with Crippen LogP contribution < -0.4 is 5.32 Å². The molecular weight excluding hydrogens is 334 g/mol. The van der Waals surface area contributed by atoms with E-state index in [4.69, 9.17) is 0 Å². The maximum absolute atomic E-state index is 4.27. The molecule has 0 atom stereocenters. The Morgan fingerprint density at radius 2 is 2.19 bits per heavy atom. The molecule has 0 aliphatic carbocycles. The lowest BCUT2D eigenvalue weighted by atomic mass is 10.3. The van der Waals surface area contributed by atoms with Gasteiger partial charge in [0, 0.05) is 27.9 Å². The highest BCUT2D eigenvalue weighted by molar-refractivity contribution is 9.11. The van der Waals surface area contributed by atoms with Gasteiger partial charge in [-0.3, -0.25) is 0 Å². The van der Waals surface area contributed by atoms with Gasteiger partial charge in [0.2, 0.25) is 5.95 Å². The molecule has 0 saturated carbocycles. The predicted octanol–water partition coefficient (Wildman–Crippen LogP) is 4.17. The van der Waals surface area contributed by atoms with Crippen molar-refractivity contribution in [2.45, 2.75) is 13.5 Å². The number of aromatic nitrogens is 2. The molecule has 0 aliphatic rings. The molecule has 5 heteroatoms. The van der Waals surface area contributed by atoms with Crippen LogP contribution in [0.4, 0.5) is 11.6 Å². The molecule has 0 unspecified atom stereocenters. The molecule has 1 N–H and O–H groups in total. The van der Waals surface area contributed by atoms with E-state index >= 15 is 0 Å². The van der Waals surface area contributed by atoms with Gasteiger partial charge < -0.3 is 9.88 Å². The van der Waals surface area contributed by atoms with E-state index in [1.54, 1.807) is 6.20 Å². The van der Waals surface area contributed by atoms with Gasteiger partial charge >= 0.3 is 0 Å². The number of hydrogen-bond donors (Lipinski definition) is 1. The average Bonchev–Trinajstić information content (AvgIpc) is 2.71. The van der Waals surface area contributed by atoms with Gasteiger partial charge in [-0.25, -0.2) is 4.98 Å². The number of nitrogens with zero attached hydrogens (tertiary/aromatic N) is 2.